The molecule has 1 rings (SSSR count). The minimum atomic E-state index is 0. The minimum absolute atomic E-state index is 0. The number of aromatic nitrogens is 1. The summed E-state index contributed by atoms with van der Waals surface area (Å²) in [5, 5.41) is 0. The molecule has 0 saturated heterocycles. The first-order valence-corrected chi connectivity index (χ1v) is 2.74. The average Bonchev–Trinajstić information content (AvgIpc) is 1.90. The van der Waals surface area contributed by atoms with Crippen LogP contribution in [-0.4, -0.2) is 4.98 Å². The SMILES string of the molecule is CCc1cc[c-]cn1.[CH3-].[Y]. The summed E-state index contributed by atoms with van der Waals surface area (Å²) in [4.78, 5) is 4.04. The normalized spacial score (nSPS) is 7.30. The van der Waals surface area contributed by atoms with Gasteiger partial charge in [0.2, 0.25) is 0 Å². The van der Waals surface area contributed by atoms with Crippen molar-refractivity contribution in [1.82, 2.24) is 4.98 Å². The number of aryl methyl sites for hydroxylation is 1. The van der Waals surface area contributed by atoms with Crippen LogP contribution in [0.3, 0.4) is 0 Å². The van der Waals surface area contributed by atoms with Crippen LogP contribution in [0, 0.1) is 13.5 Å². The molecule has 1 heterocycles. The fraction of sp³-hybridized carbons (Fsp3) is 0.250. The standard InChI is InChI=1S/C7H8N.CH3.Y/c1-2-7-5-3-4-6-8-7;;/h3,5-6H,2H2,1H3;1H3;/q2*-1;. The average molecular weight is 210 g/mol. The molecule has 53 valence electrons. The van der Waals surface area contributed by atoms with Crippen molar-refractivity contribution < 1.29 is 32.7 Å². The third-order valence-electron chi connectivity index (χ3n) is 1.04. The van der Waals surface area contributed by atoms with Crippen molar-refractivity contribution in [2.24, 2.45) is 0 Å². The van der Waals surface area contributed by atoms with Gasteiger partial charge in [0.1, 0.15) is 0 Å². The number of hydrogen-bond acceptors (Lipinski definition) is 1. The second kappa shape index (κ2) is 7.36. The van der Waals surface area contributed by atoms with Crippen LogP contribution in [0.15, 0.2) is 18.3 Å². The summed E-state index contributed by atoms with van der Waals surface area (Å²) in [6.07, 6.45) is 2.70. The Morgan fingerprint density at radius 2 is 2.30 bits per heavy atom. The summed E-state index contributed by atoms with van der Waals surface area (Å²) in [7, 11) is 0. The molecular formula is C8H11NY-2. The summed E-state index contributed by atoms with van der Waals surface area (Å²) >= 11 is 0. The molecule has 0 spiro atoms. The first-order valence-electron chi connectivity index (χ1n) is 2.74. The van der Waals surface area contributed by atoms with Gasteiger partial charge in [-0.25, -0.2) is 12.1 Å². The van der Waals surface area contributed by atoms with E-state index in [0.717, 1.165) is 12.1 Å². The van der Waals surface area contributed by atoms with Gasteiger partial charge in [0.05, 0.1) is 0 Å². The molecule has 0 fully saturated rings. The number of pyridine rings is 1. The monoisotopic (exact) mass is 210 g/mol. The number of nitrogens with zero attached hydrogens (tertiary/aromatic N) is 1. The Labute approximate surface area is 88.1 Å². The summed E-state index contributed by atoms with van der Waals surface area (Å²) < 4.78 is 0. The molecule has 0 atom stereocenters. The fourth-order valence-corrected chi connectivity index (χ4v) is 0.560. The van der Waals surface area contributed by atoms with Crippen LogP contribution in [0.25, 0.3) is 0 Å². The topological polar surface area (TPSA) is 12.9 Å². The zero-order valence-electron chi connectivity index (χ0n) is 6.46. The second-order valence-electron chi connectivity index (χ2n) is 1.60. The molecule has 0 aromatic carbocycles. The van der Waals surface area contributed by atoms with Crippen LogP contribution >= 0.6 is 0 Å². The van der Waals surface area contributed by atoms with E-state index in [1.807, 2.05) is 12.1 Å². The van der Waals surface area contributed by atoms with Gasteiger partial charge in [-0.05, 0) is 12.1 Å². The van der Waals surface area contributed by atoms with Crippen molar-refractivity contribution in [2.75, 3.05) is 0 Å². The van der Waals surface area contributed by atoms with Gasteiger partial charge in [-0.3, -0.25) is 0 Å². The third kappa shape index (κ3) is 4.13. The molecular weight excluding hydrogens is 199 g/mol. The number of rotatable bonds is 1. The molecule has 10 heavy (non-hydrogen) atoms. The van der Waals surface area contributed by atoms with E-state index in [4.69, 9.17) is 0 Å². The zero-order valence-corrected chi connectivity index (χ0v) is 9.30. The maximum Gasteiger partial charge on any atom is 0 e. The maximum atomic E-state index is 4.04. The zero-order chi connectivity index (χ0) is 5.82. The largest absolute Gasteiger partial charge is 0.358 e. The second-order valence-corrected chi connectivity index (χ2v) is 1.60. The quantitative estimate of drug-likeness (QED) is 0.645. The van der Waals surface area contributed by atoms with Gasteiger partial charge in [0.15, 0.2) is 0 Å². The van der Waals surface area contributed by atoms with Gasteiger partial charge in [-0.2, -0.15) is 6.07 Å². The van der Waals surface area contributed by atoms with Crippen LogP contribution in [0.2, 0.25) is 0 Å². The van der Waals surface area contributed by atoms with Crippen molar-refractivity contribution in [3.63, 3.8) is 0 Å². The van der Waals surface area contributed by atoms with E-state index >= 15 is 0 Å². The van der Waals surface area contributed by atoms with Crippen molar-refractivity contribution in [3.8, 4) is 0 Å². The van der Waals surface area contributed by atoms with Gasteiger partial charge in [0, 0.05) is 32.7 Å². The van der Waals surface area contributed by atoms with E-state index in [0.29, 0.717) is 0 Å². The summed E-state index contributed by atoms with van der Waals surface area (Å²) in [5.74, 6) is 0. The Morgan fingerprint density at radius 1 is 1.60 bits per heavy atom. The van der Waals surface area contributed by atoms with Crippen LogP contribution < -0.4 is 0 Å². The molecule has 1 aromatic rings. The van der Waals surface area contributed by atoms with Crippen LogP contribution in [0.4, 0.5) is 0 Å². The molecule has 1 nitrogen and oxygen atoms in total. The van der Waals surface area contributed by atoms with Crippen LogP contribution in [0.5, 0.6) is 0 Å². The predicted octanol–water partition coefficient (Wildman–Crippen LogP) is 1.89. The Kier molecular flexibility index (Phi) is 9.49. The van der Waals surface area contributed by atoms with Gasteiger partial charge in [-0.1, -0.05) is 13.1 Å². The van der Waals surface area contributed by atoms with Crippen molar-refractivity contribution in [2.45, 2.75) is 13.3 Å². The molecule has 0 aliphatic carbocycles. The summed E-state index contributed by atoms with van der Waals surface area (Å²) in [5.41, 5.74) is 1.13. The number of hydrogen-bond donors (Lipinski definition) is 0. The Bertz CT molecular complexity index is 151. The minimum Gasteiger partial charge on any atom is -0.358 e. The van der Waals surface area contributed by atoms with E-state index in [-0.39, 0.29) is 40.1 Å². The summed E-state index contributed by atoms with van der Waals surface area (Å²) in [6, 6.07) is 6.71. The molecule has 1 aromatic heterocycles. The van der Waals surface area contributed by atoms with Gasteiger partial charge < -0.3 is 12.4 Å². The molecule has 0 aliphatic rings. The Hall–Kier alpha value is 0.254. The molecule has 0 N–H and O–H groups in total. The Balaban J connectivity index is 0. The van der Waals surface area contributed by atoms with E-state index in [2.05, 4.69) is 18.0 Å². The van der Waals surface area contributed by atoms with E-state index in [1.165, 1.54) is 0 Å². The van der Waals surface area contributed by atoms with Gasteiger partial charge >= 0.3 is 0 Å². The summed E-state index contributed by atoms with van der Waals surface area (Å²) in [6.45, 7) is 2.09. The maximum absolute atomic E-state index is 4.04. The van der Waals surface area contributed by atoms with Gasteiger partial charge in [-0.15, -0.1) is 0 Å². The molecule has 0 aliphatic heterocycles. The molecule has 1 radical (unpaired) electrons. The molecule has 0 unspecified atom stereocenters. The third-order valence-corrected chi connectivity index (χ3v) is 1.04. The van der Waals surface area contributed by atoms with Crippen LogP contribution in [0.1, 0.15) is 12.6 Å². The van der Waals surface area contributed by atoms with Crippen LogP contribution in [-0.2, 0) is 39.1 Å². The Morgan fingerprint density at radius 3 is 2.60 bits per heavy atom. The first kappa shape index (κ1) is 12.9. The van der Waals surface area contributed by atoms with E-state index in [1.54, 1.807) is 6.20 Å². The molecule has 2 heteroatoms. The first-order chi connectivity index (χ1) is 3.93. The molecule has 0 bridgehead atoms. The van der Waals surface area contributed by atoms with Gasteiger partial charge in [0.25, 0.3) is 0 Å². The van der Waals surface area contributed by atoms with E-state index in [9.17, 15) is 0 Å². The predicted molar refractivity (Wildman–Crippen MR) is 38.9 cm³/mol. The van der Waals surface area contributed by atoms with Crippen molar-refractivity contribution in [1.29, 1.82) is 0 Å². The van der Waals surface area contributed by atoms with E-state index < -0.39 is 0 Å². The fourth-order valence-electron chi connectivity index (χ4n) is 0.560. The van der Waals surface area contributed by atoms with Crippen molar-refractivity contribution >= 4 is 0 Å². The molecule has 0 amide bonds. The van der Waals surface area contributed by atoms with Crippen molar-refractivity contribution in [3.05, 3.63) is 37.5 Å². The smallest absolute Gasteiger partial charge is 0 e. The molecule has 0 saturated carbocycles.